The highest BCUT2D eigenvalue weighted by Gasteiger charge is 2.22. The molecule has 0 radical (unpaired) electrons. The van der Waals surface area contributed by atoms with Crippen LogP contribution < -0.4 is 5.32 Å². The highest BCUT2D eigenvalue weighted by atomic mass is 32.1. The van der Waals surface area contributed by atoms with Crippen LogP contribution in [0.25, 0.3) is 11.3 Å². The number of hydrogen-bond acceptors (Lipinski definition) is 6. The lowest BCUT2D eigenvalue weighted by Crippen LogP contribution is -2.37. The van der Waals surface area contributed by atoms with Gasteiger partial charge in [-0.1, -0.05) is 12.1 Å². The Balaban J connectivity index is 1.40. The standard InChI is InChI=1S/C21H23N3O3S/c1-14(24-9-11-26-12-10-24)19-7-8-20(27-19)21(25)23-17-5-3-16(4-6-17)18-13-28-15(2)22-18/h3-8,13-14H,9-12H2,1-2H3,(H,23,25). The molecule has 1 aromatic carbocycles. The van der Waals surface area contributed by atoms with Gasteiger partial charge < -0.3 is 14.5 Å². The normalized spacial score (nSPS) is 16.1. The third-order valence-corrected chi connectivity index (χ3v) is 5.69. The summed E-state index contributed by atoms with van der Waals surface area (Å²) in [4.78, 5) is 19.3. The van der Waals surface area contributed by atoms with E-state index in [0.29, 0.717) is 5.76 Å². The van der Waals surface area contributed by atoms with E-state index >= 15 is 0 Å². The van der Waals surface area contributed by atoms with Gasteiger partial charge in [-0.2, -0.15) is 0 Å². The number of aromatic nitrogens is 1. The average molecular weight is 398 g/mol. The van der Waals surface area contributed by atoms with Crippen LogP contribution in [-0.2, 0) is 4.74 Å². The second-order valence-corrected chi connectivity index (χ2v) is 7.87. The molecule has 1 unspecified atom stereocenters. The molecule has 0 spiro atoms. The Morgan fingerprint density at radius 3 is 2.61 bits per heavy atom. The second kappa shape index (κ2) is 8.26. The zero-order chi connectivity index (χ0) is 19.5. The number of nitrogens with one attached hydrogen (secondary N) is 1. The first kappa shape index (κ1) is 18.9. The summed E-state index contributed by atoms with van der Waals surface area (Å²) in [6.45, 7) is 7.28. The third-order valence-electron chi connectivity index (χ3n) is 4.91. The summed E-state index contributed by atoms with van der Waals surface area (Å²) in [5.41, 5.74) is 2.70. The second-order valence-electron chi connectivity index (χ2n) is 6.81. The van der Waals surface area contributed by atoms with E-state index < -0.39 is 0 Å². The van der Waals surface area contributed by atoms with Gasteiger partial charge in [0.05, 0.1) is 30.0 Å². The Bertz CT molecular complexity index is 942. The van der Waals surface area contributed by atoms with Gasteiger partial charge in [0.15, 0.2) is 5.76 Å². The topological polar surface area (TPSA) is 67.6 Å². The molecular formula is C21H23N3O3S. The van der Waals surface area contributed by atoms with Crippen molar-refractivity contribution in [1.82, 2.24) is 9.88 Å². The van der Waals surface area contributed by atoms with Gasteiger partial charge in [-0.3, -0.25) is 9.69 Å². The van der Waals surface area contributed by atoms with Gasteiger partial charge in [-0.25, -0.2) is 4.98 Å². The molecule has 0 aliphatic carbocycles. The van der Waals surface area contributed by atoms with Gasteiger partial charge in [-0.05, 0) is 38.1 Å². The van der Waals surface area contributed by atoms with Crippen LogP contribution in [-0.4, -0.2) is 42.1 Å². The lowest BCUT2D eigenvalue weighted by atomic mass is 10.1. The van der Waals surface area contributed by atoms with Gasteiger partial charge in [0.1, 0.15) is 5.76 Å². The lowest BCUT2D eigenvalue weighted by molar-refractivity contribution is 0.0155. The van der Waals surface area contributed by atoms with Crippen LogP contribution in [0, 0.1) is 6.92 Å². The van der Waals surface area contributed by atoms with Crippen molar-refractivity contribution in [3.05, 3.63) is 58.3 Å². The van der Waals surface area contributed by atoms with Crippen molar-refractivity contribution in [3.8, 4) is 11.3 Å². The molecule has 4 rings (SSSR count). The first-order chi connectivity index (χ1) is 13.6. The molecule has 2 aromatic heterocycles. The molecular weight excluding hydrogens is 374 g/mol. The van der Waals surface area contributed by atoms with E-state index in [1.54, 1.807) is 17.4 Å². The largest absolute Gasteiger partial charge is 0.454 e. The predicted octanol–water partition coefficient (Wildman–Crippen LogP) is 4.36. The molecule has 6 nitrogen and oxygen atoms in total. The molecule has 146 valence electrons. The third kappa shape index (κ3) is 4.16. The number of carbonyl (C=O) groups excluding carboxylic acids is 1. The molecule has 1 amide bonds. The summed E-state index contributed by atoms with van der Waals surface area (Å²) in [6, 6.07) is 11.4. The summed E-state index contributed by atoms with van der Waals surface area (Å²) >= 11 is 1.62. The van der Waals surface area contributed by atoms with Crippen LogP contribution in [0.1, 0.15) is 34.3 Å². The maximum Gasteiger partial charge on any atom is 0.291 e. The number of nitrogens with zero attached hydrogens (tertiary/aromatic N) is 2. The molecule has 1 aliphatic heterocycles. The average Bonchev–Trinajstić information content (AvgIpc) is 3.38. The fourth-order valence-electron chi connectivity index (χ4n) is 3.26. The summed E-state index contributed by atoms with van der Waals surface area (Å²) in [6.07, 6.45) is 0. The van der Waals surface area contributed by atoms with Crippen molar-refractivity contribution in [2.45, 2.75) is 19.9 Å². The number of thiazole rings is 1. The Labute approximate surface area is 168 Å². The van der Waals surface area contributed by atoms with Gasteiger partial charge >= 0.3 is 0 Å². The molecule has 7 heteroatoms. The zero-order valence-corrected chi connectivity index (χ0v) is 16.8. The quantitative estimate of drug-likeness (QED) is 0.693. The van der Waals surface area contributed by atoms with Gasteiger partial charge in [-0.15, -0.1) is 11.3 Å². The van der Waals surface area contributed by atoms with Crippen molar-refractivity contribution in [2.24, 2.45) is 0 Å². The lowest BCUT2D eigenvalue weighted by Gasteiger charge is -2.31. The van der Waals surface area contributed by atoms with Crippen LogP contribution in [0.5, 0.6) is 0 Å². The molecule has 28 heavy (non-hydrogen) atoms. The molecule has 1 fully saturated rings. The SMILES string of the molecule is Cc1nc(-c2ccc(NC(=O)c3ccc(C(C)N4CCOCC4)o3)cc2)cs1. The number of morpholine rings is 1. The Morgan fingerprint density at radius 2 is 1.93 bits per heavy atom. The van der Waals surface area contributed by atoms with Crippen molar-refractivity contribution in [1.29, 1.82) is 0 Å². The van der Waals surface area contributed by atoms with Gasteiger partial charge in [0, 0.05) is 29.7 Å². The van der Waals surface area contributed by atoms with E-state index in [-0.39, 0.29) is 11.9 Å². The number of carbonyl (C=O) groups is 1. The number of furan rings is 1. The van der Waals surface area contributed by atoms with Crippen LogP contribution >= 0.6 is 11.3 Å². The predicted molar refractivity (Wildman–Crippen MR) is 110 cm³/mol. The minimum Gasteiger partial charge on any atom is -0.454 e. The molecule has 0 saturated carbocycles. The highest BCUT2D eigenvalue weighted by molar-refractivity contribution is 7.09. The molecule has 1 atom stereocenters. The van der Waals surface area contributed by atoms with Gasteiger partial charge in [0.2, 0.25) is 0 Å². The number of anilines is 1. The monoisotopic (exact) mass is 397 g/mol. The van der Waals surface area contributed by atoms with Crippen LogP contribution in [0.15, 0.2) is 46.2 Å². The van der Waals surface area contributed by atoms with Crippen LogP contribution in [0.2, 0.25) is 0 Å². The summed E-state index contributed by atoms with van der Waals surface area (Å²) in [5, 5.41) is 5.96. The molecule has 1 N–H and O–H groups in total. The summed E-state index contributed by atoms with van der Waals surface area (Å²) in [5.74, 6) is 0.855. The fourth-order valence-corrected chi connectivity index (χ4v) is 3.88. The summed E-state index contributed by atoms with van der Waals surface area (Å²) in [7, 11) is 0. The molecule has 1 aliphatic rings. The number of aryl methyl sites for hydroxylation is 1. The maximum absolute atomic E-state index is 12.5. The zero-order valence-electron chi connectivity index (χ0n) is 16.0. The van der Waals surface area contributed by atoms with Gasteiger partial charge in [0.25, 0.3) is 5.91 Å². The number of amides is 1. The van der Waals surface area contributed by atoms with E-state index in [4.69, 9.17) is 9.15 Å². The first-order valence-electron chi connectivity index (χ1n) is 9.35. The number of benzene rings is 1. The van der Waals surface area contributed by atoms with Crippen molar-refractivity contribution < 1.29 is 13.9 Å². The molecule has 3 heterocycles. The van der Waals surface area contributed by atoms with E-state index in [1.807, 2.05) is 42.6 Å². The van der Waals surface area contributed by atoms with E-state index in [0.717, 1.165) is 54.0 Å². The number of hydrogen-bond donors (Lipinski definition) is 1. The minimum absolute atomic E-state index is 0.117. The number of rotatable bonds is 5. The molecule has 0 bridgehead atoms. The van der Waals surface area contributed by atoms with Crippen molar-refractivity contribution >= 4 is 22.9 Å². The highest BCUT2D eigenvalue weighted by Crippen LogP contribution is 2.25. The first-order valence-corrected chi connectivity index (χ1v) is 10.2. The van der Waals surface area contributed by atoms with E-state index in [1.165, 1.54) is 0 Å². The smallest absolute Gasteiger partial charge is 0.291 e. The Kier molecular flexibility index (Phi) is 5.57. The maximum atomic E-state index is 12.5. The van der Waals surface area contributed by atoms with Crippen molar-refractivity contribution in [2.75, 3.05) is 31.6 Å². The Morgan fingerprint density at radius 1 is 1.18 bits per heavy atom. The molecule has 1 saturated heterocycles. The van der Waals surface area contributed by atoms with Crippen LogP contribution in [0.3, 0.4) is 0 Å². The summed E-state index contributed by atoms with van der Waals surface area (Å²) < 4.78 is 11.2. The van der Waals surface area contributed by atoms with Crippen molar-refractivity contribution in [3.63, 3.8) is 0 Å². The minimum atomic E-state index is -0.252. The van der Waals surface area contributed by atoms with E-state index in [9.17, 15) is 4.79 Å². The molecule has 3 aromatic rings. The fraction of sp³-hybridized carbons (Fsp3) is 0.333. The Hall–Kier alpha value is -2.48. The number of ether oxygens (including phenoxy) is 1. The van der Waals surface area contributed by atoms with E-state index in [2.05, 4.69) is 22.1 Å². The van der Waals surface area contributed by atoms with Crippen LogP contribution in [0.4, 0.5) is 5.69 Å².